The lowest BCUT2D eigenvalue weighted by Gasteiger charge is -2.20. The third-order valence-corrected chi connectivity index (χ3v) is 4.64. The molecule has 3 aromatic carbocycles. The topological polar surface area (TPSA) is 72.5 Å². The van der Waals surface area contributed by atoms with E-state index >= 15 is 0 Å². The van der Waals surface area contributed by atoms with Gasteiger partial charge in [0, 0.05) is 33.3 Å². The molecule has 1 amide bonds. The van der Waals surface area contributed by atoms with Crippen molar-refractivity contribution in [3.05, 3.63) is 70.5 Å². The second-order valence-corrected chi connectivity index (χ2v) is 6.75. The van der Waals surface area contributed by atoms with Crippen LogP contribution in [0.2, 0.25) is 5.02 Å². The highest BCUT2D eigenvalue weighted by atomic mass is 35.5. The lowest BCUT2D eigenvalue weighted by Crippen LogP contribution is -2.16. The van der Waals surface area contributed by atoms with Crippen molar-refractivity contribution in [3.63, 3.8) is 0 Å². The molecule has 3 aromatic rings. The van der Waals surface area contributed by atoms with Crippen molar-refractivity contribution in [2.45, 2.75) is 6.18 Å². The van der Waals surface area contributed by atoms with Crippen LogP contribution >= 0.6 is 11.6 Å². The molecule has 0 bridgehead atoms. The number of carbonyl (C=O) groups is 1. The second kappa shape index (κ2) is 7.87. The number of rotatable bonds is 4. The number of carbonyl (C=O) groups excluding carboxylic acids is 1. The smallest absolute Gasteiger partial charge is 0.416 e. The summed E-state index contributed by atoms with van der Waals surface area (Å²) in [5, 5.41) is 9.69. The molecule has 0 unspecified atom stereocenters. The predicted molar refractivity (Wildman–Crippen MR) is 104 cm³/mol. The molecule has 0 saturated carbocycles. The van der Waals surface area contributed by atoms with Crippen LogP contribution in [0.3, 0.4) is 0 Å². The molecule has 0 aromatic heterocycles. The maximum atomic E-state index is 14.6. The number of ether oxygens (including phenoxy) is 1. The van der Waals surface area contributed by atoms with Gasteiger partial charge >= 0.3 is 6.18 Å². The molecule has 0 aliphatic heterocycles. The Kier molecular flexibility index (Phi) is 5.63. The third kappa shape index (κ3) is 4.04. The fraction of sp³-hybridized carbons (Fsp3) is 0.0952. The molecule has 0 fully saturated rings. The molecule has 9 heteroatoms. The van der Waals surface area contributed by atoms with Crippen LogP contribution in [0.1, 0.15) is 15.9 Å². The number of aromatic hydroxyl groups is 1. The zero-order valence-electron chi connectivity index (χ0n) is 15.3. The minimum absolute atomic E-state index is 0.0839. The summed E-state index contributed by atoms with van der Waals surface area (Å²) in [6, 6.07) is 8.58. The highest BCUT2D eigenvalue weighted by Crippen LogP contribution is 2.45. The summed E-state index contributed by atoms with van der Waals surface area (Å²) in [7, 11) is 1.32. The zero-order chi connectivity index (χ0) is 22.2. The van der Waals surface area contributed by atoms with Crippen molar-refractivity contribution in [2.75, 3.05) is 7.11 Å². The van der Waals surface area contributed by atoms with Crippen molar-refractivity contribution in [1.82, 2.24) is 0 Å². The Labute approximate surface area is 173 Å². The molecule has 0 radical (unpaired) electrons. The van der Waals surface area contributed by atoms with Gasteiger partial charge in [-0.2, -0.15) is 13.2 Å². The van der Waals surface area contributed by atoms with Gasteiger partial charge < -0.3 is 15.6 Å². The van der Waals surface area contributed by atoms with Crippen molar-refractivity contribution in [3.8, 4) is 33.8 Å². The Hall–Kier alpha value is -3.26. The van der Waals surface area contributed by atoms with Gasteiger partial charge in [-0.1, -0.05) is 11.6 Å². The van der Waals surface area contributed by atoms with Crippen molar-refractivity contribution in [2.24, 2.45) is 5.73 Å². The first-order valence-corrected chi connectivity index (χ1v) is 8.78. The van der Waals surface area contributed by atoms with E-state index in [0.717, 1.165) is 18.2 Å². The highest BCUT2D eigenvalue weighted by Gasteiger charge is 2.34. The van der Waals surface area contributed by atoms with Crippen LogP contribution in [0.5, 0.6) is 11.5 Å². The molecule has 3 N–H and O–H groups in total. The molecule has 30 heavy (non-hydrogen) atoms. The molecule has 0 atom stereocenters. The van der Waals surface area contributed by atoms with E-state index < -0.39 is 34.8 Å². The summed E-state index contributed by atoms with van der Waals surface area (Å²) >= 11 is 6.05. The van der Waals surface area contributed by atoms with Gasteiger partial charge in [0.1, 0.15) is 17.3 Å². The number of nitrogens with two attached hydrogens (primary N) is 1. The Bertz CT molecular complexity index is 1150. The van der Waals surface area contributed by atoms with Crippen molar-refractivity contribution < 1.29 is 32.2 Å². The minimum Gasteiger partial charge on any atom is -0.508 e. The van der Waals surface area contributed by atoms with Crippen molar-refractivity contribution >= 4 is 17.5 Å². The molecule has 4 nitrogen and oxygen atoms in total. The largest absolute Gasteiger partial charge is 0.508 e. The molecular formula is C21H14ClF4NO3. The lowest BCUT2D eigenvalue weighted by molar-refractivity contribution is -0.137. The number of benzene rings is 3. The molecule has 0 heterocycles. The SMILES string of the molecule is COc1ccc(Cl)cc1-c1c(C(N)=O)cc(C(F)(F)F)cc1-c1ccc(O)cc1F. The molecule has 3 rings (SSSR count). The van der Waals surface area contributed by atoms with E-state index in [1.165, 1.54) is 25.3 Å². The number of phenols is 1. The van der Waals surface area contributed by atoms with Gasteiger partial charge in [0.05, 0.1) is 12.7 Å². The number of hydrogen-bond donors (Lipinski definition) is 2. The lowest BCUT2D eigenvalue weighted by atomic mass is 9.87. The van der Waals surface area contributed by atoms with Crippen molar-refractivity contribution in [1.29, 1.82) is 0 Å². The van der Waals surface area contributed by atoms with E-state index in [4.69, 9.17) is 22.1 Å². The molecule has 0 aliphatic rings. The monoisotopic (exact) mass is 439 g/mol. The van der Waals surface area contributed by atoms with Crippen LogP contribution in [0.4, 0.5) is 17.6 Å². The fourth-order valence-electron chi connectivity index (χ4n) is 3.10. The third-order valence-electron chi connectivity index (χ3n) is 4.40. The van der Waals surface area contributed by atoms with E-state index in [9.17, 15) is 27.5 Å². The number of amides is 1. The first-order valence-electron chi connectivity index (χ1n) is 8.40. The standard InChI is InChI=1S/C21H14ClF4NO3/c1-30-18-5-2-11(22)8-15(18)19-14(13-4-3-12(28)9-17(13)23)6-10(21(24,25)26)7-16(19)20(27)29/h2-9,28H,1H3,(H2,27,29). The number of primary amides is 1. The Morgan fingerprint density at radius 1 is 1.03 bits per heavy atom. The van der Waals surface area contributed by atoms with Crippen LogP contribution in [0, 0.1) is 5.82 Å². The van der Waals surface area contributed by atoms with E-state index in [1.54, 1.807) is 0 Å². The summed E-state index contributed by atoms with van der Waals surface area (Å²) in [6.07, 6.45) is -4.83. The summed E-state index contributed by atoms with van der Waals surface area (Å²) in [4.78, 5) is 12.1. The van der Waals surface area contributed by atoms with Gasteiger partial charge in [-0.05, 0) is 48.0 Å². The molecule has 0 saturated heterocycles. The molecule has 0 spiro atoms. The van der Waals surface area contributed by atoms with Gasteiger partial charge in [-0.15, -0.1) is 0 Å². The first-order chi connectivity index (χ1) is 14.0. The second-order valence-electron chi connectivity index (χ2n) is 6.32. The van der Waals surface area contributed by atoms with Gasteiger partial charge in [0.25, 0.3) is 0 Å². The average molecular weight is 440 g/mol. The predicted octanol–water partition coefficient (Wildman–Crippen LogP) is 5.65. The van der Waals surface area contributed by atoms with Crippen LogP contribution in [-0.4, -0.2) is 18.1 Å². The maximum absolute atomic E-state index is 14.6. The van der Waals surface area contributed by atoms with E-state index in [-0.39, 0.29) is 33.0 Å². The molecule has 0 aliphatic carbocycles. The first kappa shape index (κ1) is 21.4. The van der Waals surface area contributed by atoms with E-state index in [0.29, 0.717) is 12.1 Å². The zero-order valence-corrected chi connectivity index (χ0v) is 16.1. The summed E-state index contributed by atoms with van der Waals surface area (Å²) in [5.74, 6) is -2.38. The fourth-order valence-corrected chi connectivity index (χ4v) is 3.27. The molecule has 156 valence electrons. The number of phenolic OH excluding ortho intramolecular Hbond substituents is 1. The maximum Gasteiger partial charge on any atom is 0.416 e. The van der Waals surface area contributed by atoms with Crippen LogP contribution in [-0.2, 0) is 6.18 Å². The van der Waals surface area contributed by atoms with Crippen LogP contribution in [0.25, 0.3) is 22.3 Å². The summed E-state index contributed by atoms with van der Waals surface area (Å²) in [5.41, 5.74) is 3.22. The number of methoxy groups -OCH3 is 1. The summed E-state index contributed by atoms with van der Waals surface area (Å²) < 4.78 is 60.4. The number of alkyl halides is 3. The number of halogens is 5. The van der Waals surface area contributed by atoms with E-state index in [1.807, 2.05) is 0 Å². The summed E-state index contributed by atoms with van der Waals surface area (Å²) in [6.45, 7) is 0. The Morgan fingerprint density at radius 3 is 2.30 bits per heavy atom. The van der Waals surface area contributed by atoms with Crippen LogP contribution < -0.4 is 10.5 Å². The van der Waals surface area contributed by atoms with Gasteiger partial charge in [0.15, 0.2) is 0 Å². The quantitative estimate of drug-likeness (QED) is 0.516. The minimum atomic E-state index is -4.83. The Morgan fingerprint density at radius 2 is 1.73 bits per heavy atom. The van der Waals surface area contributed by atoms with Crippen LogP contribution in [0.15, 0.2) is 48.5 Å². The van der Waals surface area contributed by atoms with Gasteiger partial charge in [0.2, 0.25) is 5.91 Å². The van der Waals surface area contributed by atoms with E-state index in [2.05, 4.69) is 0 Å². The average Bonchev–Trinajstić information content (AvgIpc) is 2.66. The van der Waals surface area contributed by atoms with Gasteiger partial charge in [-0.3, -0.25) is 4.79 Å². The normalized spacial score (nSPS) is 11.4. The Balaban J connectivity index is 2.52. The number of hydrogen-bond acceptors (Lipinski definition) is 3. The van der Waals surface area contributed by atoms with Gasteiger partial charge in [-0.25, -0.2) is 4.39 Å². The molecular weight excluding hydrogens is 426 g/mol. The highest BCUT2D eigenvalue weighted by molar-refractivity contribution is 6.31.